The topological polar surface area (TPSA) is 153 Å². The summed E-state index contributed by atoms with van der Waals surface area (Å²) in [5.74, 6) is -1.09. The summed E-state index contributed by atoms with van der Waals surface area (Å²) in [6.45, 7) is 4.29. The van der Waals surface area contributed by atoms with E-state index >= 15 is 0 Å². The molecule has 4 rings (SSSR count). The van der Waals surface area contributed by atoms with Crippen LogP contribution in [0, 0.1) is 11.8 Å². The Balaban J connectivity index is 1.47. The minimum Gasteiger partial charge on any atom is -0.478 e. The molecule has 12 heteroatoms. The summed E-state index contributed by atoms with van der Waals surface area (Å²) in [5, 5.41) is 12.0. The largest absolute Gasteiger partial charge is 0.478 e. The third-order valence-electron chi connectivity index (χ3n) is 8.39. The van der Waals surface area contributed by atoms with Gasteiger partial charge in [0.05, 0.1) is 11.8 Å². The Bertz CT molecular complexity index is 1130. The third kappa shape index (κ3) is 6.53. The zero-order valence-electron chi connectivity index (χ0n) is 22.1. The lowest BCUT2D eigenvalue weighted by Crippen LogP contribution is -2.52. The van der Waals surface area contributed by atoms with E-state index in [0.29, 0.717) is 50.7 Å². The molecule has 2 amide bonds. The number of nitrogens with one attached hydrogen (secondary N) is 1. The summed E-state index contributed by atoms with van der Waals surface area (Å²) in [6, 6.07) is 5.32. The quantitative estimate of drug-likeness (QED) is 0.456. The minimum absolute atomic E-state index is 0.00762. The molecule has 0 spiro atoms. The van der Waals surface area contributed by atoms with E-state index in [-0.39, 0.29) is 35.4 Å². The number of nitrogens with zero attached hydrogens (tertiary/aromatic N) is 3. The minimum atomic E-state index is -3.26. The highest BCUT2D eigenvalue weighted by atomic mass is 32.2. The van der Waals surface area contributed by atoms with Crippen LogP contribution in [0.5, 0.6) is 0 Å². The molecular weight excluding hydrogens is 510 g/mol. The van der Waals surface area contributed by atoms with Crippen LogP contribution < -0.4 is 11.1 Å². The number of benzene rings is 1. The molecule has 1 aliphatic carbocycles. The molecule has 2 aliphatic heterocycles. The van der Waals surface area contributed by atoms with Crippen LogP contribution in [0.15, 0.2) is 24.3 Å². The summed E-state index contributed by atoms with van der Waals surface area (Å²) in [5.41, 5.74) is 6.67. The van der Waals surface area contributed by atoms with Gasteiger partial charge < -0.3 is 21.1 Å². The molecule has 3 aliphatic rings. The summed E-state index contributed by atoms with van der Waals surface area (Å²) in [4.78, 5) is 42.2. The van der Waals surface area contributed by atoms with E-state index in [1.54, 1.807) is 17.0 Å². The number of likely N-dealkylation sites (tertiary alicyclic amines) is 1. The first-order chi connectivity index (χ1) is 17.9. The number of amides is 2. The van der Waals surface area contributed by atoms with Crippen LogP contribution in [0.1, 0.15) is 49.4 Å². The highest BCUT2D eigenvalue weighted by Gasteiger charge is 2.44. The molecule has 1 aromatic rings. The van der Waals surface area contributed by atoms with Crippen LogP contribution >= 0.6 is 0 Å². The number of anilines is 1. The van der Waals surface area contributed by atoms with E-state index in [0.717, 1.165) is 25.7 Å². The van der Waals surface area contributed by atoms with Crippen LogP contribution in [0.4, 0.5) is 5.69 Å². The zero-order chi connectivity index (χ0) is 27.6. The van der Waals surface area contributed by atoms with Crippen molar-refractivity contribution in [2.45, 2.75) is 57.2 Å². The summed E-state index contributed by atoms with van der Waals surface area (Å²) < 4.78 is 25.3. The van der Waals surface area contributed by atoms with Gasteiger partial charge in [0.2, 0.25) is 21.8 Å². The predicted octanol–water partition coefficient (Wildman–Crippen LogP) is 1.02. The maximum Gasteiger partial charge on any atom is 0.335 e. The SMILES string of the molecule is C[C@H](N)C1CCC(C(=O)N2C[C@@H](N3CCN(S(C)(=O)=O)CC3)C[C@H]2C(=O)Nc2ccc(C(=O)O)cc2)CC1. The van der Waals surface area contributed by atoms with E-state index in [9.17, 15) is 22.8 Å². The summed E-state index contributed by atoms with van der Waals surface area (Å²) in [6.07, 6.45) is 4.96. The highest BCUT2D eigenvalue weighted by Crippen LogP contribution is 2.34. The summed E-state index contributed by atoms with van der Waals surface area (Å²) in [7, 11) is -3.26. The molecule has 0 radical (unpaired) electrons. The number of sulfonamides is 1. The molecule has 11 nitrogen and oxygen atoms in total. The number of carboxylic acids is 1. The van der Waals surface area contributed by atoms with E-state index in [1.807, 2.05) is 6.92 Å². The first kappa shape index (κ1) is 28.5. The number of hydrogen-bond acceptors (Lipinski definition) is 7. The van der Waals surface area contributed by atoms with Gasteiger partial charge in [0, 0.05) is 56.4 Å². The smallest absolute Gasteiger partial charge is 0.335 e. The van der Waals surface area contributed by atoms with Gasteiger partial charge in [0.25, 0.3) is 0 Å². The van der Waals surface area contributed by atoms with Crippen molar-refractivity contribution in [1.82, 2.24) is 14.1 Å². The number of hydrogen-bond donors (Lipinski definition) is 3. The van der Waals surface area contributed by atoms with E-state index in [4.69, 9.17) is 10.8 Å². The van der Waals surface area contributed by atoms with Gasteiger partial charge in [-0.25, -0.2) is 13.2 Å². The van der Waals surface area contributed by atoms with Crippen molar-refractivity contribution in [3.05, 3.63) is 29.8 Å². The molecule has 38 heavy (non-hydrogen) atoms. The zero-order valence-corrected chi connectivity index (χ0v) is 22.9. The number of rotatable bonds is 7. The Labute approximate surface area is 224 Å². The van der Waals surface area contributed by atoms with Gasteiger partial charge in [0.15, 0.2) is 0 Å². The molecule has 1 aromatic carbocycles. The highest BCUT2D eigenvalue weighted by molar-refractivity contribution is 7.88. The summed E-state index contributed by atoms with van der Waals surface area (Å²) >= 11 is 0. The molecule has 4 N–H and O–H groups in total. The van der Waals surface area contributed by atoms with E-state index in [1.165, 1.54) is 22.7 Å². The normalized spacial score (nSPS) is 28.1. The maximum atomic E-state index is 13.7. The van der Waals surface area contributed by atoms with Crippen molar-refractivity contribution < 1.29 is 27.9 Å². The molecule has 210 valence electrons. The molecule has 0 aromatic heterocycles. The maximum absolute atomic E-state index is 13.7. The molecule has 3 atom stereocenters. The molecule has 2 heterocycles. The first-order valence-electron chi connectivity index (χ1n) is 13.3. The van der Waals surface area contributed by atoms with Crippen molar-refractivity contribution >= 4 is 33.5 Å². The third-order valence-corrected chi connectivity index (χ3v) is 9.69. The van der Waals surface area contributed by atoms with Crippen LogP contribution in [0.3, 0.4) is 0 Å². The molecule has 1 saturated carbocycles. The lowest BCUT2D eigenvalue weighted by Gasteiger charge is -2.37. The van der Waals surface area contributed by atoms with Gasteiger partial charge in [-0.1, -0.05) is 0 Å². The van der Waals surface area contributed by atoms with Gasteiger partial charge in [-0.15, -0.1) is 0 Å². The molecule has 0 unspecified atom stereocenters. The van der Waals surface area contributed by atoms with E-state index in [2.05, 4.69) is 10.2 Å². The number of aromatic carboxylic acids is 1. The number of carboxylic acid groups (broad SMARTS) is 1. The Hall–Kier alpha value is -2.54. The fourth-order valence-corrected chi connectivity index (χ4v) is 6.85. The second-order valence-electron chi connectivity index (χ2n) is 10.9. The molecular formula is C26H39N5O6S. The van der Waals surface area contributed by atoms with Crippen LogP contribution in [0.25, 0.3) is 0 Å². The Morgan fingerprint density at radius 2 is 1.63 bits per heavy atom. The van der Waals surface area contributed by atoms with Crippen molar-refractivity contribution in [2.24, 2.45) is 17.6 Å². The van der Waals surface area contributed by atoms with Crippen molar-refractivity contribution in [2.75, 3.05) is 44.3 Å². The molecule has 2 saturated heterocycles. The Morgan fingerprint density at radius 3 is 2.16 bits per heavy atom. The number of carbonyl (C=O) groups is 3. The van der Waals surface area contributed by atoms with Gasteiger partial charge in [0.1, 0.15) is 6.04 Å². The van der Waals surface area contributed by atoms with Crippen molar-refractivity contribution in [1.29, 1.82) is 0 Å². The van der Waals surface area contributed by atoms with Crippen LogP contribution in [-0.4, -0.2) is 103 Å². The lowest BCUT2D eigenvalue weighted by atomic mass is 9.78. The standard InChI is InChI=1S/C26H39N5O6S/c1-17(27)18-3-5-19(6-4-18)25(33)31-16-22(29-11-13-30(14-12-29)38(2,36)37)15-23(31)24(32)28-21-9-7-20(8-10-21)26(34)35/h7-10,17-19,22-23H,3-6,11-16,27H2,1-2H3,(H,28,32)(H,34,35)/t17-,18?,19?,22-,23-/m0/s1. The average molecular weight is 550 g/mol. The van der Waals surface area contributed by atoms with Crippen molar-refractivity contribution in [3.8, 4) is 0 Å². The second kappa shape index (κ2) is 11.7. The molecule has 0 bridgehead atoms. The number of carbonyl (C=O) groups excluding carboxylic acids is 2. The second-order valence-corrected chi connectivity index (χ2v) is 12.9. The fourth-order valence-electron chi connectivity index (χ4n) is 6.02. The number of nitrogens with two attached hydrogens (primary N) is 1. The predicted molar refractivity (Wildman–Crippen MR) is 143 cm³/mol. The van der Waals surface area contributed by atoms with Crippen molar-refractivity contribution in [3.63, 3.8) is 0 Å². The number of piperazine rings is 1. The van der Waals surface area contributed by atoms with Gasteiger partial charge in [-0.05, 0) is 69.2 Å². The van der Waals surface area contributed by atoms with E-state index < -0.39 is 22.0 Å². The van der Waals surface area contributed by atoms with Gasteiger partial charge >= 0.3 is 5.97 Å². The monoisotopic (exact) mass is 549 g/mol. The van der Waals surface area contributed by atoms with Crippen LogP contribution in [-0.2, 0) is 19.6 Å². The van der Waals surface area contributed by atoms with Crippen LogP contribution in [0.2, 0.25) is 0 Å². The molecule has 3 fully saturated rings. The van der Waals surface area contributed by atoms with Gasteiger partial charge in [-0.3, -0.25) is 14.5 Å². The Kier molecular flexibility index (Phi) is 8.75. The van der Waals surface area contributed by atoms with Gasteiger partial charge in [-0.2, -0.15) is 4.31 Å². The lowest BCUT2D eigenvalue weighted by molar-refractivity contribution is -0.141. The first-order valence-corrected chi connectivity index (χ1v) is 15.2. The average Bonchev–Trinajstić information content (AvgIpc) is 3.34. The fraction of sp³-hybridized carbons (Fsp3) is 0.654. The Morgan fingerprint density at radius 1 is 1.03 bits per heavy atom.